The van der Waals surface area contributed by atoms with Gasteiger partial charge in [-0.3, -0.25) is 14.6 Å². The van der Waals surface area contributed by atoms with Crippen LogP contribution in [-0.2, 0) is 22.6 Å². The molecule has 0 spiro atoms. The molecule has 1 aliphatic rings. The van der Waals surface area contributed by atoms with Gasteiger partial charge in [-0.15, -0.1) is 0 Å². The lowest BCUT2D eigenvalue weighted by Crippen LogP contribution is -2.34. The lowest BCUT2D eigenvalue weighted by molar-refractivity contribution is -0.129. The molecule has 6 nitrogen and oxygen atoms in total. The van der Waals surface area contributed by atoms with E-state index in [9.17, 15) is 9.59 Å². The molecule has 3 rings (SSSR count). The molecule has 27 heavy (non-hydrogen) atoms. The maximum Gasteiger partial charge on any atom is 0.225 e. The fourth-order valence-corrected chi connectivity index (χ4v) is 3.25. The topological polar surface area (TPSA) is 65.5 Å². The summed E-state index contributed by atoms with van der Waals surface area (Å²) in [5.74, 6) is -0.287. The Labute approximate surface area is 160 Å². The van der Waals surface area contributed by atoms with Crippen LogP contribution in [0.5, 0.6) is 0 Å². The van der Waals surface area contributed by atoms with Crippen molar-refractivity contribution in [3.63, 3.8) is 0 Å². The zero-order valence-corrected chi connectivity index (χ0v) is 15.9. The van der Waals surface area contributed by atoms with Crippen molar-refractivity contribution >= 4 is 17.5 Å². The number of benzene rings is 1. The third-order valence-electron chi connectivity index (χ3n) is 4.85. The van der Waals surface area contributed by atoms with E-state index in [1.165, 1.54) is 5.56 Å². The Bertz CT molecular complexity index is 775. The smallest absolute Gasteiger partial charge is 0.225 e. The highest BCUT2D eigenvalue weighted by atomic mass is 16.2. The molecule has 1 aromatic carbocycles. The third kappa shape index (κ3) is 5.06. The van der Waals surface area contributed by atoms with Crippen molar-refractivity contribution in [3.8, 4) is 0 Å². The molecular weight excluding hydrogens is 340 g/mol. The molecule has 2 aromatic rings. The van der Waals surface area contributed by atoms with Gasteiger partial charge < -0.3 is 15.1 Å². The number of carbonyl (C=O) groups excluding carboxylic acids is 2. The first kappa shape index (κ1) is 18.9. The van der Waals surface area contributed by atoms with E-state index in [4.69, 9.17) is 0 Å². The molecule has 0 bridgehead atoms. The molecule has 0 unspecified atom stereocenters. The maximum absolute atomic E-state index is 12.4. The van der Waals surface area contributed by atoms with Crippen molar-refractivity contribution in [2.75, 3.05) is 32.1 Å². The Morgan fingerprint density at radius 3 is 2.67 bits per heavy atom. The van der Waals surface area contributed by atoms with E-state index in [0.717, 1.165) is 17.7 Å². The highest BCUT2D eigenvalue weighted by Crippen LogP contribution is 2.20. The predicted octanol–water partition coefficient (Wildman–Crippen LogP) is 1.85. The van der Waals surface area contributed by atoms with Crippen LogP contribution in [0.1, 0.15) is 17.5 Å². The summed E-state index contributed by atoms with van der Waals surface area (Å²) in [6.07, 6.45) is 4.52. The number of nitrogens with zero attached hydrogens (tertiary/aromatic N) is 3. The number of hydrogen-bond acceptors (Lipinski definition) is 4. The number of likely N-dealkylation sites (tertiary alicyclic amines) is 1. The normalized spacial score (nSPS) is 16.4. The monoisotopic (exact) mass is 366 g/mol. The van der Waals surface area contributed by atoms with Crippen LogP contribution in [0.3, 0.4) is 0 Å². The van der Waals surface area contributed by atoms with E-state index < -0.39 is 0 Å². The lowest BCUT2D eigenvalue weighted by atomic mass is 10.1. The van der Waals surface area contributed by atoms with Crippen LogP contribution in [0.25, 0.3) is 0 Å². The Morgan fingerprint density at radius 1 is 1.22 bits per heavy atom. The Kier molecular flexibility index (Phi) is 6.06. The molecule has 1 aromatic heterocycles. The molecule has 1 aliphatic heterocycles. The Morgan fingerprint density at radius 2 is 2.00 bits per heavy atom. The van der Waals surface area contributed by atoms with Crippen LogP contribution < -0.4 is 10.2 Å². The van der Waals surface area contributed by atoms with Crippen molar-refractivity contribution in [2.45, 2.75) is 19.4 Å². The number of hydrogen-bond donors (Lipinski definition) is 1. The summed E-state index contributed by atoms with van der Waals surface area (Å²) in [6, 6.07) is 12.1. The van der Waals surface area contributed by atoms with Crippen LogP contribution in [0.4, 0.5) is 5.69 Å². The highest BCUT2D eigenvalue weighted by molar-refractivity contribution is 5.89. The molecule has 1 atom stereocenters. The molecule has 0 radical (unpaired) electrons. The summed E-state index contributed by atoms with van der Waals surface area (Å²) in [6.45, 7) is 1.55. The van der Waals surface area contributed by atoms with E-state index in [1.54, 1.807) is 17.3 Å². The van der Waals surface area contributed by atoms with Crippen LogP contribution in [0.2, 0.25) is 0 Å². The summed E-state index contributed by atoms with van der Waals surface area (Å²) in [7, 11) is 4.02. The molecule has 0 saturated carbocycles. The van der Waals surface area contributed by atoms with Gasteiger partial charge in [-0.05, 0) is 35.7 Å². The van der Waals surface area contributed by atoms with Crippen LogP contribution in [-0.4, -0.2) is 48.9 Å². The van der Waals surface area contributed by atoms with Gasteiger partial charge in [-0.2, -0.15) is 0 Å². The van der Waals surface area contributed by atoms with E-state index in [2.05, 4.69) is 39.5 Å². The quantitative estimate of drug-likeness (QED) is 0.812. The van der Waals surface area contributed by atoms with E-state index in [-0.39, 0.29) is 24.2 Å². The molecule has 0 aliphatic carbocycles. The zero-order chi connectivity index (χ0) is 19.2. The standard InChI is InChI=1S/C21H26N4O2/c1-24(2)19-7-5-16(6-8-19)9-11-23-21(27)18-12-20(26)25(15-18)14-17-4-3-10-22-13-17/h3-8,10,13,18H,9,11-12,14-15H2,1-2H3,(H,23,27)/t18-/m0/s1. The van der Waals surface area contributed by atoms with Gasteiger partial charge in [0.25, 0.3) is 0 Å². The van der Waals surface area contributed by atoms with E-state index in [1.807, 2.05) is 26.2 Å². The number of anilines is 1. The molecule has 1 fully saturated rings. The van der Waals surface area contributed by atoms with Gasteiger partial charge >= 0.3 is 0 Å². The Balaban J connectivity index is 1.45. The third-order valence-corrected chi connectivity index (χ3v) is 4.85. The first-order valence-electron chi connectivity index (χ1n) is 9.23. The van der Waals surface area contributed by atoms with Gasteiger partial charge in [0.05, 0.1) is 5.92 Å². The van der Waals surface area contributed by atoms with E-state index in [0.29, 0.717) is 19.6 Å². The number of nitrogens with one attached hydrogen (secondary N) is 1. The largest absolute Gasteiger partial charge is 0.378 e. The van der Waals surface area contributed by atoms with Crippen molar-refractivity contribution < 1.29 is 9.59 Å². The minimum absolute atomic E-state index is 0.0262. The van der Waals surface area contributed by atoms with Crippen LogP contribution >= 0.6 is 0 Å². The Hall–Kier alpha value is -2.89. The van der Waals surface area contributed by atoms with Crippen molar-refractivity contribution in [2.24, 2.45) is 5.92 Å². The summed E-state index contributed by atoms with van der Waals surface area (Å²) in [5, 5.41) is 2.97. The van der Waals surface area contributed by atoms with Crippen molar-refractivity contribution in [1.29, 1.82) is 0 Å². The molecule has 2 heterocycles. The van der Waals surface area contributed by atoms with E-state index >= 15 is 0 Å². The zero-order valence-electron chi connectivity index (χ0n) is 15.9. The number of aromatic nitrogens is 1. The predicted molar refractivity (Wildman–Crippen MR) is 105 cm³/mol. The molecule has 1 saturated heterocycles. The number of amides is 2. The number of rotatable bonds is 7. The first-order chi connectivity index (χ1) is 13.0. The number of pyridine rings is 1. The summed E-state index contributed by atoms with van der Waals surface area (Å²) >= 11 is 0. The molecule has 6 heteroatoms. The van der Waals surface area contributed by atoms with Gasteiger partial charge in [0.1, 0.15) is 0 Å². The second-order valence-electron chi connectivity index (χ2n) is 7.14. The fraction of sp³-hybridized carbons (Fsp3) is 0.381. The van der Waals surface area contributed by atoms with Gasteiger partial charge in [0.15, 0.2) is 0 Å². The molecule has 142 valence electrons. The van der Waals surface area contributed by atoms with Crippen LogP contribution in [0.15, 0.2) is 48.8 Å². The summed E-state index contributed by atoms with van der Waals surface area (Å²) < 4.78 is 0. The summed E-state index contributed by atoms with van der Waals surface area (Å²) in [5.41, 5.74) is 3.32. The maximum atomic E-state index is 12.4. The molecule has 2 amide bonds. The second-order valence-corrected chi connectivity index (χ2v) is 7.14. The van der Waals surface area contributed by atoms with Gasteiger partial charge in [-0.1, -0.05) is 18.2 Å². The van der Waals surface area contributed by atoms with Crippen LogP contribution in [0, 0.1) is 5.92 Å². The highest BCUT2D eigenvalue weighted by Gasteiger charge is 2.34. The molecular formula is C21H26N4O2. The average molecular weight is 366 g/mol. The van der Waals surface area contributed by atoms with Crippen molar-refractivity contribution in [1.82, 2.24) is 15.2 Å². The number of carbonyl (C=O) groups is 2. The van der Waals surface area contributed by atoms with Crippen molar-refractivity contribution in [3.05, 3.63) is 59.9 Å². The van der Waals surface area contributed by atoms with Gasteiger partial charge in [-0.25, -0.2) is 0 Å². The minimum atomic E-state index is -0.273. The molecule has 1 N–H and O–H groups in total. The fourth-order valence-electron chi connectivity index (χ4n) is 3.25. The SMILES string of the molecule is CN(C)c1ccc(CCNC(=O)[C@H]2CC(=O)N(Cc3cccnc3)C2)cc1. The minimum Gasteiger partial charge on any atom is -0.378 e. The second kappa shape index (κ2) is 8.66. The first-order valence-corrected chi connectivity index (χ1v) is 9.23. The summed E-state index contributed by atoms with van der Waals surface area (Å²) in [4.78, 5) is 32.5. The average Bonchev–Trinajstić information content (AvgIpc) is 3.03. The van der Waals surface area contributed by atoms with Gasteiger partial charge in [0.2, 0.25) is 11.8 Å². The van der Waals surface area contributed by atoms with Gasteiger partial charge in [0, 0.05) is 58.2 Å². The lowest BCUT2D eigenvalue weighted by Gasteiger charge is -2.16.